The van der Waals surface area contributed by atoms with Gasteiger partial charge in [-0.3, -0.25) is 9.59 Å². The van der Waals surface area contributed by atoms with Gasteiger partial charge in [-0.05, 0) is 54.8 Å². The van der Waals surface area contributed by atoms with Crippen LogP contribution in [0, 0.1) is 5.92 Å². The number of rotatable bonds is 9. The molecular weight excluding hydrogens is 330 g/mol. The Hall–Kier alpha value is -3.02. The molecule has 0 aromatic heterocycles. The summed E-state index contributed by atoms with van der Waals surface area (Å²) >= 11 is 0. The van der Waals surface area contributed by atoms with Crippen LogP contribution in [0.5, 0.6) is 5.75 Å². The monoisotopic (exact) mass is 355 g/mol. The highest BCUT2D eigenvalue weighted by molar-refractivity contribution is 5.95. The van der Waals surface area contributed by atoms with Crippen LogP contribution in [0.2, 0.25) is 0 Å². The first-order chi connectivity index (χ1) is 12.4. The molecular formula is C20H25N3O3. The smallest absolute Gasteiger partial charge is 0.248 e. The summed E-state index contributed by atoms with van der Waals surface area (Å²) in [5, 5.41) is 5.77. The minimum absolute atomic E-state index is 0.0782. The predicted octanol–water partition coefficient (Wildman–Crippen LogP) is 3.26. The van der Waals surface area contributed by atoms with Crippen molar-refractivity contribution in [1.29, 1.82) is 0 Å². The summed E-state index contributed by atoms with van der Waals surface area (Å²) in [6.45, 7) is 5.06. The number of anilines is 2. The summed E-state index contributed by atoms with van der Waals surface area (Å²) in [5.41, 5.74) is 6.99. The van der Waals surface area contributed by atoms with Gasteiger partial charge in [-0.1, -0.05) is 19.9 Å². The third-order valence-electron chi connectivity index (χ3n) is 3.70. The average Bonchev–Trinajstić information content (AvgIpc) is 2.61. The summed E-state index contributed by atoms with van der Waals surface area (Å²) in [6, 6.07) is 14.0. The van der Waals surface area contributed by atoms with Crippen LogP contribution in [0.1, 0.15) is 30.6 Å². The second kappa shape index (κ2) is 9.46. The first-order valence-corrected chi connectivity index (χ1v) is 8.60. The number of nitrogens with two attached hydrogens (primary N) is 1. The van der Waals surface area contributed by atoms with Crippen molar-refractivity contribution in [3.8, 4) is 5.75 Å². The van der Waals surface area contributed by atoms with Gasteiger partial charge in [0.1, 0.15) is 5.75 Å². The highest BCUT2D eigenvalue weighted by Crippen LogP contribution is 2.16. The van der Waals surface area contributed by atoms with E-state index in [9.17, 15) is 9.59 Å². The molecule has 26 heavy (non-hydrogen) atoms. The molecule has 0 aliphatic heterocycles. The van der Waals surface area contributed by atoms with Gasteiger partial charge in [0.2, 0.25) is 11.8 Å². The maximum Gasteiger partial charge on any atom is 0.248 e. The lowest BCUT2D eigenvalue weighted by atomic mass is 10.1. The Labute approximate surface area is 153 Å². The van der Waals surface area contributed by atoms with Crippen LogP contribution in [0.4, 0.5) is 11.4 Å². The highest BCUT2D eigenvalue weighted by Gasteiger charge is 2.05. The van der Waals surface area contributed by atoms with E-state index < -0.39 is 5.91 Å². The number of carbonyl (C=O) groups is 2. The lowest BCUT2D eigenvalue weighted by molar-refractivity contribution is -0.114. The van der Waals surface area contributed by atoms with E-state index in [1.54, 1.807) is 36.4 Å². The molecule has 0 unspecified atom stereocenters. The fraction of sp³-hybridized carbons (Fsp3) is 0.300. The standard InChI is InChI=1S/C20H25N3O3/c1-14(2)10-11-26-18-8-6-16(7-9-18)23-19(24)13-22-17-5-3-4-15(12-17)20(21)25/h3-9,12,14,22H,10-11,13H2,1-2H3,(H2,21,25)(H,23,24). The minimum Gasteiger partial charge on any atom is -0.494 e. The van der Waals surface area contributed by atoms with Crippen LogP contribution in [0.3, 0.4) is 0 Å². The van der Waals surface area contributed by atoms with E-state index in [2.05, 4.69) is 24.5 Å². The van der Waals surface area contributed by atoms with E-state index >= 15 is 0 Å². The zero-order valence-corrected chi connectivity index (χ0v) is 15.1. The first-order valence-electron chi connectivity index (χ1n) is 8.60. The Bertz CT molecular complexity index is 742. The van der Waals surface area contributed by atoms with E-state index in [1.807, 2.05) is 12.1 Å². The van der Waals surface area contributed by atoms with Gasteiger partial charge in [0.15, 0.2) is 0 Å². The van der Waals surface area contributed by atoms with E-state index in [0.717, 1.165) is 12.2 Å². The van der Waals surface area contributed by atoms with Gasteiger partial charge < -0.3 is 21.1 Å². The normalized spacial score (nSPS) is 10.4. The van der Waals surface area contributed by atoms with Gasteiger partial charge in [-0.15, -0.1) is 0 Å². The van der Waals surface area contributed by atoms with Crippen LogP contribution < -0.4 is 21.1 Å². The SMILES string of the molecule is CC(C)CCOc1ccc(NC(=O)CNc2cccc(C(N)=O)c2)cc1. The number of nitrogens with one attached hydrogen (secondary N) is 2. The predicted molar refractivity (Wildman–Crippen MR) is 103 cm³/mol. The maximum atomic E-state index is 12.0. The Morgan fingerprint density at radius 3 is 2.46 bits per heavy atom. The summed E-state index contributed by atoms with van der Waals surface area (Å²) < 4.78 is 5.65. The molecule has 2 amide bonds. The van der Waals surface area contributed by atoms with Crippen molar-refractivity contribution in [1.82, 2.24) is 0 Å². The molecule has 0 aliphatic carbocycles. The van der Waals surface area contributed by atoms with Crippen LogP contribution in [-0.4, -0.2) is 25.0 Å². The van der Waals surface area contributed by atoms with Crippen molar-refractivity contribution in [2.24, 2.45) is 11.7 Å². The van der Waals surface area contributed by atoms with Gasteiger partial charge >= 0.3 is 0 Å². The molecule has 0 radical (unpaired) electrons. The number of primary amides is 1. The van der Waals surface area contributed by atoms with Crippen molar-refractivity contribution in [3.05, 3.63) is 54.1 Å². The number of carbonyl (C=O) groups excluding carboxylic acids is 2. The number of hydrogen-bond donors (Lipinski definition) is 3. The second-order valence-corrected chi connectivity index (χ2v) is 6.40. The van der Waals surface area contributed by atoms with Crippen molar-refractivity contribution in [2.75, 3.05) is 23.8 Å². The van der Waals surface area contributed by atoms with Crippen LogP contribution in [0.15, 0.2) is 48.5 Å². The molecule has 138 valence electrons. The number of ether oxygens (including phenoxy) is 1. The Balaban J connectivity index is 1.80. The third kappa shape index (κ3) is 6.47. The van der Waals surface area contributed by atoms with Crippen molar-refractivity contribution >= 4 is 23.2 Å². The lowest BCUT2D eigenvalue weighted by Crippen LogP contribution is -2.22. The van der Waals surface area contributed by atoms with Gasteiger partial charge in [0, 0.05) is 16.9 Å². The van der Waals surface area contributed by atoms with Crippen LogP contribution >= 0.6 is 0 Å². The molecule has 0 spiro atoms. The van der Waals surface area contributed by atoms with Crippen LogP contribution in [-0.2, 0) is 4.79 Å². The first kappa shape index (κ1) is 19.3. The fourth-order valence-electron chi connectivity index (χ4n) is 2.22. The van der Waals surface area contributed by atoms with Gasteiger partial charge in [0.05, 0.1) is 13.2 Å². The van der Waals surface area contributed by atoms with Gasteiger partial charge in [0.25, 0.3) is 0 Å². The Kier molecular flexibility index (Phi) is 7.02. The molecule has 6 heteroatoms. The molecule has 6 nitrogen and oxygen atoms in total. The van der Waals surface area contributed by atoms with E-state index in [-0.39, 0.29) is 12.5 Å². The maximum absolute atomic E-state index is 12.0. The second-order valence-electron chi connectivity index (χ2n) is 6.40. The highest BCUT2D eigenvalue weighted by atomic mass is 16.5. The molecule has 0 aliphatic rings. The Morgan fingerprint density at radius 2 is 1.81 bits per heavy atom. The minimum atomic E-state index is -0.506. The number of hydrogen-bond acceptors (Lipinski definition) is 4. The largest absolute Gasteiger partial charge is 0.494 e. The average molecular weight is 355 g/mol. The van der Waals surface area contributed by atoms with Crippen molar-refractivity contribution < 1.29 is 14.3 Å². The van der Waals surface area contributed by atoms with E-state index in [0.29, 0.717) is 29.5 Å². The summed E-state index contributed by atoms with van der Waals surface area (Å²) in [6.07, 6.45) is 1.00. The Morgan fingerprint density at radius 1 is 1.08 bits per heavy atom. The molecule has 2 aromatic carbocycles. The summed E-state index contributed by atoms with van der Waals surface area (Å²) in [7, 11) is 0. The molecule has 0 atom stereocenters. The zero-order chi connectivity index (χ0) is 18.9. The zero-order valence-electron chi connectivity index (χ0n) is 15.1. The van der Waals surface area contributed by atoms with Crippen molar-refractivity contribution in [3.63, 3.8) is 0 Å². The van der Waals surface area contributed by atoms with Crippen LogP contribution in [0.25, 0.3) is 0 Å². The third-order valence-corrected chi connectivity index (χ3v) is 3.70. The molecule has 0 heterocycles. The molecule has 0 bridgehead atoms. The molecule has 0 fully saturated rings. The molecule has 0 saturated carbocycles. The molecule has 2 aromatic rings. The van der Waals surface area contributed by atoms with E-state index in [4.69, 9.17) is 10.5 Å². The summed E-state index contributed by atoms with van der Waals surface area (Å²) in [4.78, 5) is 23.2. The van der Waals surface area contributed by atoms with Gasteiger partial charge in [-0.2, -0.15) is 0 Å². The topological polar surface area (TPSA) is 93.4 Å². The molecule has 0 saturated heterocycles. The number of benzene rings is 2. The molecule has 2 rings (SSSR count). The van der Waals surface area contributed by atoms with Gasteiger partial charge in [-0.25, -0.2) is 0 Å². The van der Waals surface area contributed by atoms with E-state index in [1.165, 1.54) is 0 Å². The fourth-order valence-corrected chi connectivity index (χ4v) is 2.22. The summed E-state index contributed by atoms with van der Waals surface area (Å²) in [5.74, 6) is 0.687. The quantitative estimate of drug-likeness (QED) is 0.643. The van der Waals surface area contributed by atoms with Crippen molar-refractivity contribution in [2.45, 2.75) is 20.3 Å². The number of amides is 2. The lowest BCUT2D eigenvalue weighted by Gasteiger charge is -2.10. The molecule has 4 N–H and O–H groups in total.